The number of amides is 1. The summed E-state index contributed by atoms with van der Waals surface area (Å²) in [5, 5.41) is 3.93. The van der Waals surface area contributed by atoms with Crippen LogP contribution < -0.4 is 11.1 Å². The third-order valence-corrected chi connectivity index (χ3v) is 3.58. The van der Waals surface area contributed by atoms with Gasteiger partial charge in [-0.05, 0) is 31.5 Å². The molecular weight excluding hydrogens is 242 g/mol. The Bertz CT molecular complexity index is 627. The first-order chi connectivity index (χ1) is 9.07. The Balaban J connectivity index is 1.89. The molecular formula is C14H17N3O2. The number of H-pyrrole nitrogens is 1. The van der Waals surface area contributed by atoms with Gasteiger partial charge in [0.2, 0.25) is 0 Å². The van der Waals surface area contributed by atoms with E-state index in [9.17, 15) is 4.79 Å². The van der Waals surface area contributed by atoms with Gasteiger partial charge in [0.15, 0.2) is 0 Å². The number of hydrogen-bond donors (Lipinski definition) is 3. The molecule has 0 bridgehead atoms. The average molecular weight is 259 g/mol. The van der Waals surface area contributed by atoms with Crippen LogP contribution in [0.5, 0.6) is 0 Å². The molecule has 0 radical (unpaired) electrons. The highest BCUT2D eigenvalue weighted by atomic mass is 16.5. The van der Waals surface area contributed by atoms with E-state index < -0.39 is 0 Å². The highest BCUT2D eigenvalue weighted by molar-refractivity contribution is 6.07. The van der Waals surface area contributed by atoms with Crippen molar-refractivity contribution in [1.82, 2.24) is 10.3 Å². The zero-order chi connectivity index (χ0) is 13.5. The van der Waals surface area contributed by atoms with E-state index in [0.29, 0.717) is 24.5 Å². The Morgan fingerprint density at radius 3 is 3.11 bits per heavy atom. The molecule has 19 heavy (non-hydrogen) atoms. The second-order valence-corrected chi connectivity index (χ2v) is 5.32. The van der Waals surface area contributed by atoms with Crippen molar-refractivity contribution < 1.29 is 9.53 Å². The normalized spacial score (nSPS) is 22.8. The molecule has 2 heterocycles. The van der Waals surface area contributed by atoms with Crippen molar-refractivity contribution in [2.75, 3.05) is 18.9 Å². The number of aromatic nitrogens is 1. The minimum atomic E-state index is -0.269. The highest BCUT2D eigenvalue weighted by Crippen LogP contribution is 2.23. The first-order valence-electron chi connectivity index (χ1n) is 6.34. The van der Waals surface area contributed by atoms with Gasteiger partial charge in [-0.2, -0.15) is 0 Å². The van der Waals surface area contributed by atoms with Crippen molar-refractivity contribution in [2.24, 2.45) is 0 Å². The van der Waals surface area contributed by atoms with Crippen molar-refractivity contribution in [1.29, 1.82) is 0 Å². The molecule has 1 saturated heterocycles. The fourth-order valence-electron chi connectivity index (χ4n) is 2.44. The van der Waals surface area contributed by atoms with Gasteiger partial charge in [0.25, 0.3) is 5.91 Å². The maximum absolute atomic E-state index is 12.3. The van der Waals surface area contributed by atoms with Crippen LogP contribution in [0.15, 0.2) is 24.4 Å². The number of carbonyl (C=O) groups excluding carboxylic acids is 1. The summed E-state index contributed by atoms with van der Waals surface area (Å²) >= 11 is 0. The maximum Gasteiger partial charge on any atom is 0.253 e. The summed E-state index contributed by atoms with van der Waals surface area (Å²) in [6.45, 7) is 3.26. The van der Waals surface area contributed by atoms with Gasteiger partial charge in [0, 0.05) is 29.4 Å². The van der Waals surface area contributed by atoms with Gasteiger partial charge < -0.3 is 20.8 Å². The quantitative estimate of drug-likeness (QED) is 0.717. The third kappa shape index (κ3) is 2.17. The first-order valence-corrected chi connectivity index (χ1v) is 6.34. The highest BCUT2D eigenvalue weighted by Gasteiger charge is 2.32. The summed E-state index contributed by atoms with van der Waals surface area (Å²) in [7, 11) is 0. The summed E-state index contributed by atoms with van der Waals surface area (Å²) in [5.41, 5.74) is 7.65. The molecule has 4 N–H and O–H groups in total. The lowest BCUT2D eigenvalue weighted by Gasteiger charge is -2.23. The summed E-state index contributed by atoms with van der Waals surface area (Å²) < 4.78 is 5.34. The van der Waals surface area contributed by atoms with Crippen LogP contribution in [0.4, 0.5) is 5.69 Å². The van der Waals surface area contributed by atoms with E-state index in [0.717, 1.165) is 17.3 Å². The lowest BCUT2D eigenvalue weighted by Crippen LogP contribution is -2.46. The van der Waals surface area contributed by atoms with E-state index in [-0.39, 0.29) is 11.4 Å². The Morgan fingerprint density at radius 2 is 2.37 bits per heavy atom. The number of anilines is 1. The van der Waals surface area contributed by atoms with Gasteiger partial charge in [-0.1, -0.05) is 0 Å². The molecule has 0 spiro atoms. The topological polar surface area (TPSA) is 80.1 Å². The molecule has 1 atom stereocenters. The average Bonchev–Trinajstić information content (AvgIpc) is 2.95. The van der Waals surface area contributed by atoms with E-state index in [1.165, 1.54) is 0 Å². The van der Waals surface area contributed by atoms with Crippen LogP contribution in [0, 0.1) is 0 Å². The molecule has 1 fully saturated rings. The lowest BCUT2D eigenvalue weighted by atomic mass is 10.0. The summed E-state index contributed by atoms with van der Waals surface area (Å²) in [6.07, 6.45) is 2.56. The second-order valence-electron chi connectivity index (χ2n) is 5.32. The van der Waals surface area contributed by atoms with E-state index >= 15 is 0 Å². The molecule has 1 aromatic heterocycles. The fourth-order valence-corrected chi connectivity index (χ4v) is 2.44. The van der Waals surface area contributed by atoms with E-state index in [2.05, 4.69) is 10.3 Å². The number of ether oxygens (including phenoxy) is 1. The molecule has 100 valence electrons. The molecule has 0 saturated carbocycles. The van der Waals surface area contributed by atoms with Crippen LogP contribution >= 0.6 is 0 Å². The minimum absolute atomic E-state index is 0.0796. The van der Waals surface area contributed by atoms with Crippen molar-refractivity contribution in [2.45, 2.75) is 18.9 Å². The predicted molar refractivity (Wildman–Crippen MR) is 74.0 cm³/mol. The lowest BCUT2D eigenvalue weighted by molar-refractivity contribution is 0.0891. The predicted octanol–water partition coefficient (Wildman–Crippen LogP) is 1.66. The number of fused-ring (bicyclic) bond motifs is 1. The molecule has 1 aliphatic heterocycles. The van der Waals surface area contributed by atoms with Crippen molar-refractivity contribution >= 4 is 22.5 Å². The van der Waals surface area contributed by atoms with Crippen LogP contribution in [0.3, 0.4) is 0 Å². The summed E-state index contributed by atoms with van der Waals surface area (Å²) in [4.78, 5) is 15.4. The fraction of sp³-hybridized carbons (Fsp3) is 0.357. The number of nitrogens with two attached hydrogens (primary N) is 1. The Morgan fingerprint density at radius 1 is 1.53 bits per heavy atom. The number of hydrogen-bond acceptors (Lipinski definition) is 3. The second kappa shape index (κ2) is 4.28. The van der Waals surface area contributed by atoms with Crippen LogP contribution in [0.25, 0.3) is 10.9 Å². The standard InChI is InChI=1S/C14H17N3O2/c1-14(4-5-19-8-14)17-13(18)11-7-16-12-6-9(15)2-3-10(11)12/h2-3,6-7,16H,4-5,8,15H2,1H3,(H,17,18). The van der Waals surface area contributed by atoms with Crippen molar-refractivity contribution in [3.63, 3.8) is 0 Å². The summed E-state index contributed by atoms with van der Waals surface area (Å²) in [6, 6.07) is 5.49. The number of nitrogens with one attached hydrogen (secondary N) is 2. The van der Waals surface area contributed by atoms with Gasteiger partial charge in [0.1, 0.15) is 0 Å². The Kier molecular flexibility index (Phi) is 2.71. The number of benzene rings is 1. The van der Waals surface area contributed by atoms with Crippen LogP contribution in [-0.2, 0) is 4.74 Å². The molecule has 5 heteroatoms. The molecule has 3 rings (SSSR count). The molecule has 1 unspecified atom stereocenters. The van der Waals surface area contributed by atoms with E-state index in [1.807, 2.05) is 19.1 Å². The van der Waals surface area contributed by atoms with E-state index in [4.69, 9.17) is 10.5 Å². The minimum Gasteiger partial charge on any atom is -0.399 e. The maximum atomic E-state index is 12.3. The SMILES string of the molecule is CC1(NC(=O)c2c[nH]c3cc(N)ccc23)CCOC1. The monoisotopic (exact) mass is 259 g/mol. The van der Waals surface area contributed by atoms with Gasteiger partial charge in [0.05, 0.1) is 17.7 Å². The van der Waals surface area contributed by atoms with Crippen LogP contribution in [0.1, 0.15) is 23.7 Å². The van der Waals surface area contributed by atoms with Gasteiger partial charge in [-0.25, -0.2) is 0 Å². The number of rotatable bonds is 2. The zero-order valence-electron chi connectivity index (χ0n) is 10.8. The van der Waals surface area contributed by atoms with E-state index in [1.54, 1.807) is 12.3 Å². The zero-order valence-corrected chi connectivity index (χ0v) is 10.8. The largest absolute Gasteiger partial charge is 0.399 e. The van der Waals surface area contributed by atoms with Gasteiger partial charge in [-0.15, -0.1) is 0 Å². The van der Waals surface area contributed by atoms with Crippen molar-refractivity contribution in [3.05, 3.63) is 30.0 Å². The molecule has 1 aliphatic rings. The number of aromatic amines is 1. The molecule has 1 aromatic carbocycles. The Hall–Kier alpha value is -2.01. The summed E-state index contributed by atoms with van der Waals surface area (Å²) in [5.74, 6) is -0.0796. The smallest absolute Gasteiger partial charge is 0.253 e. The number of carbonyl (C=O) groups is 1. The molecule has 0 aliphatic carbocycles. The van der Waals surface area contributed by atoms with Crippen molar-refractivity contribution in [3.8, 4) is 0 Å². The molecule has 5 nitrogen and oxygen atoms in total. The molecule has 1 amide bonds. The first kappa shape index (κ1) is 12.0. The number of nitrogen functional groups attached to an aromatic ring is 1. The van der Waals surface area contributed by atoms with Crippen LogP contribution in [-0.4, -0.2) is 29.6 Å². The molecule has 2 aromatic rings. The Labute approximate surface area is 111 Å². The van der Waals surface area contributed by atoms with Gasteiger partial charge in [-0.3, -0.25) is 4.79 Å². The van der Waals surface area contributed by atoms with Crippen LogP contribution in [0.2, 0.25) is 0 Å². The van der Waals surface area contributed by atoms with Gasteiger partial charge >= 0.3 is 0 Å². The third-order valence-electron chi connectivity index (χ3n) is 3.58.